The molecule has 0 aromatic carbocycles. The molecule has 2 bridgehead atoms. The molecule has 5 nitrogen and oxygen atoms in total. The molecule has 0 unspecified atom stereocenters. The van der Waals surface area contributed by atoms with Crippen LogP contribution in [-0.2, 0) is 19.0 Å². The second kappa shape index (κ2) is 3.18. The van der Waals surface area contributed by atoms with Crippen LogP contribution in [0.5, 0.6) is 0 Å². The number of hydrogen-bond donors (Lipinski definition) is 1. The summed E-state index contributed by atoms with van der Waals surface area (Å²) in [6.07, 6.45) is 0.623. The summed E-state index contributed by atoms with van der Waals surface area (Å²) in [4.78, 5) is 10.3. The Kier molecular flexibility index (Phi) is 2.25. The molecule has 1 N–H and O–H groups in total. The molecule has 1 amide bonds. The zero-order valence-corrected chi connectivity index (χ0v) is 8.41. The van der Waals surface area contributed by atoms with Gasteiger partial charge in [-0.25, -0.2) is 0 Å². The molecule has 3 heterocycles. The van der Waals surface area contributed by atoms with Crippen molar-refractivity contribution in [1.82, 2.24) is 5.32 Å². The topological polar surface area (TPSA) is 56.8 Å². The van der Waals surface area contributed by atoms with E-state index in [2.05, 4.69) is 5.32 Å². The average molecular weight is 201 g/mol. The van der Waals surface area contributed by atoms with Gasteiger partial charge in [-0.15, -0.1) is 0 Å². The van der Waals surface area contributed by atoms with Crippen LogP contribution in [0.25, 0.3) is 0 Å². The Balaban J connectivity index is 2.07. The summed E-state index contributed by atoms with van der Waals surface area (Å²) in [5.74, 6) is -1.07. The largest absolute Gasteiger partial charge is 0.348 e. The number of amides is 1. The Morgan fingerprint density at radius 2 is 1.79 bits per heavy atom. The normalized spacial score (nSPS) is 43.3. The van der Waals surface area contributed by atoms with Gasteiger partial charge in [0, 0.05) is 5.41 Å². The van der Waals surface area contributed by atoms with Crippen LogP contribution < -0.4 is 5.32 Å². The van der Waals surface area contributed by atoms with Gasteiger partial charge in [0.05, 0.1) is 19.8 Å². The molecule has 0 aliphatic carbocycles. The third-order valence-corrected chi connectivity index (χ3v) is 2.71. The summed E-state index contributed by atoms with van der Waals surface area (Å²) < 4.78 is 16.5. The minimum Gasteiger partial charge on any atom is -0.348 e. The molecule has 5 heteroatoms. The van der Waals surface area contributed by atoms with E-state index in [9.17, 15) is 4.79 Å². The summed E-state index contributed by atoms with van der Waals surface area (Å²) in [7, 11) is 0. The van der Waals surface area contributed by atoms with Crippen molar-refractivity contribution in [3.05, 3.63) is 0 Å². The summed E-state index contributed by atoms with van der Waals surface area (Å²) in [5, 5.41) is 2.59. The number of carbonyl (C=O) groups is 1. The Hall–Kier alpha value is -0.650. The van der Waals surface area contributed by atoms with Crippen LogP contribution in [0, 0.1) is 5.41 Å². The van der Waals surface area contributed by atoms with E-state index in [4.69, 9.17) is 14.2 Å². The average Bonchev–Trinajstić information content (AvgIpc) is 2.20. The van der Waals surface area contributed by atoms with Crippen LogP contribution in [0.15, 0.2) is 0 Å². The molecule has 0 spiro atoms. The van der Waals surface area contributed by atoms with Crippen molar-refractivity contribution in [2.24, 2.45) is 5.41 Å². The highest BCUT2D eigenvalue weighted by molar-refractivity contribution is 5.46. The molecule has 0 saturated carbocycles. The van der Waals surface area contributed by atoms with Crippen molar-refractivity contribution in [3.63, 3.8) is 0 Å². The van der Waals surface area contributed by atoms with Crippen molar-refractivity contribution in [1.29, 1.82) is 0 Å². The monoisotopic (exact) mass is 201 g/mol. The molecule has 80 valence electrons. The van der Waals surface area contributed by atoms with E-state index in [0.29, 0.717) is 26.2 Å². The summed E-state index contributed by atoms with van der Waals surface area (Å²) >= 11 is 0. The van der Waals surface area contributed by atoms with Gasteiger partial charge in [-0.3, -0.25) is 4.79 Å². The Bertz CT molecular complexity index is 218. The van der Waals surface area contributed by atoms with Crippen LogP contribution in [0.4, 0.5) is 0 Å². The molecule has 3 saturated heterocycles. The summed E-state index contributed by atoms with van der Waals surface area (Å²) in [6.45, 7) is 5.67. The molecular weight excluding hydrogens is 186 g/mol. The molecule has 0 aromatic rings. The molecule has 1 atom stereocenters. The maximum atomic E-state index is 10.3. The van der Waals surface area contributed by atoms with Crippen molar-refractivity contribution in [2.75, 3.05) is 19.8 Å². The highest BCUT2D eigenvalue weighted by Crippen LogP contribution is 2.39. The minimum atomic E-state index is -1.07. The van der Waals surface area contributed by atoms with Gasteiger partial charge in [-0.1, -0.05) is 6.92 Å². The van der Waals surface area contributed by atoms with E-state index in [1.54, 1.807) is 6.92 Å². The molecule has 3 aliphatic heterocycles. The number of ether oxygens (including phenoxy) is 3. The molecule has 3 aliphatic rings. The van der Waals surface area contributed by atoms with Gasteiger partial charge in [0.15, 0.2) is 0 Å². The second-order valence-electron chi connectivity index (χ2n) is 4.29. The van der Waals surface area contributed by atoms with Crippen molar-refractivity contribution in [3.8, 4) is 0 Å². The van der Waals surface area contributed by atoms with Crippen LogP contribution in [0.1, 0.15) is 13.8 Å². The molecule has 3 fully saturated rings. The number of carbonyl (C=O) groups excluding carboxylic acids is 1. The number of fused-ring (bicyclic) bond motifs is 3. The maximum Gasteiger partial charge on any atom is 0.304 e. The van der Waals surface area contributed by atoms with E-state index < -0.39 is 5.97 Å². The predicted octanol–water partition coefficient (Wildman–Crippen LogP) is -0.142. The molecule has 0 aromatic heterocycles. The molecule has 3 rings (SSSR count). The van der Waals surface area contributed by atoms with Gasteiger partial charge in [-0.2, -0.15) is 0 Å². The zero-order valence-electron chi connectivity index (χ0n) is 8.41. The quantitative estimate of drug-likeness (QED) is 0.646. The fourth-order valence-electron chi connectivity index (χ4n) is 1.65. The lowest BCUT2D eigenvalue weighted by atomic mass is 9.91. The second-order valence-corrected chi connectivity index (χ2v) is 4.29. The lowest BCUT2D eigenvalue weighted by molar-refractivity contribution is -0.472. The first-order valence-electron chi connectivity index (χ1n) is 4.72. The standard InChI is InChI=1S/C9H15NO4/c1-7(10-6-11)9-12-3-8(2,4-13-9)5-14-9/h6-7H,3-5H2,1-2H3,(H,10,11)/t7-,8?,9?/m0/s1. The molecule has 0 radical (unpaired) electrons. The smallest absolute Gasteiger partial charge is 0.304 e. The van der Waals surface area contributed by atoms with Gasteiger partial charge in [0.25, 0.3) is 0 Å². The van der Waals surface area contributed by atoms with Crippen LogP contribution in [0.2, 0.25) is 0 Å². The highest BCUT2D eigenvalue weighted by Gasteiger charge is 2.53. The molecular formula is C9H15NO4. The van der Waals surface area contributed by atoms with Gasteiger partial charge in [0.1, 0.15) is 6.04 Å². The van der Waals surface area contributed by atoms with E-state index in [0.717, 1.165) is 0 Å². The Morgan fingerprint density at radius 1 is 1.29 bits per heavy atom. The van der Waals surface area contributed by atoms with Crippen LogP contribution in [-0.4, -0.2) is 38.2 Å². The summed E-state index contributed by atoms with van der Waals surface area (Å²) in [5.41, 5.74) is -0.0390. The van der Waals surface area contributed by atoms with E-state index in [-0.39, 0.29) is 11.5 Å². The van der Waals surface area contributed by atoms with Crippen LogP contribution in [0.3, 0.4) is 0 Å². The van der Waals surface area contributed by atoms with Crippen molar-refractivity contribution < 1.29 is 19.0 Å². The third-order valence-electron chi connectivity index (χ3n) is 2.71. The SMILES string of the molecule is C[C@H](NC=O)C12OCC(C)(CO1)CO2. The Morgan fingerprint density at radius 3 is 2.21 bits per heavy atom. The van der Waals surface area contributed by atoms with Gasteiger partial charge >= 0.3 is 5.97 Å². The highest BCUT2D eigenvalue weighted by atomic mass is 16.9. The first-order chi connectivity index (χ1) is 6.60. The predicted molar refractivity (Wildman–Crippen MR) is 47.4 cm³/mol. The van der Waals surface area contributed by atoms with Gasteiger partial charge in [0.2, 0.25) is 6.41 Å². The van der Waals surface area contributed by atoms with E-state index in [1.165, 1.54) is 0 Å². The van der Waals surface area contributed by atoms with Crippen molar-refractivity contribution in [2.45, 2.75) is 25.9 Å². The minimum absolute atomic E-state index is 0.0390. The zero-order chi connectivity index (χ0) is 10.2. The maximum absolute atomic E-state index is 10.3. The molecule has 14 heavy (non-hydrogen) atoms. The lowest BCUT2D eigenvalue weighted by Gasteiger charge is -2.52. The fourth-order valence-corrected chi connectivity index (χ4v) is 1.65. The number of hydrogen-bond acceptors (Lipinski definition) is 4. The summed E-state index contributed by atoms with van der Waals surface area (Å²) in [6, 6.07) is -0.301. The van der Waals surface area contributed by atoms with Crippen molar-refractivity contribution >= 4 is 6.41 Å². The van der Waals surface area contributed by atoms with Crippen LogP contribution >= 0.6 is 0 Å². The Labute approximate surface area is 82.7 Å². The van der Waals surface area contributed by atoms with E-state index in [1.807, 2.05) is 6.92 Å². The first kappa shape index (κ1) is 9.89. The third kappa shape index (κ3) is 1.41. The van der Waals surface area contributed by atoms with Gasteiger partial charge < -0.3 is 19.5 Å². The van der Waals surface area contributed by atoms with E-state index >= 15 is 0 Å². The first-order valence-corrected chi connectivity index (χ1v) is 4.72. The number of nitrogens with one attached hydrogen (secondary N) is 1. The van der Waals surface area contributed by atoms with Gasteiger partial charge in [-0.05, 0) is 6.92 Å². The fraction of sp³-hybridized carbons (Fsp3) is 0.889. The number of rotatable bonds is 3. The lowest BCUT2D eigenvalue weighted by Crippen LogP contribution is -2.65.